The minimum absolute atomic E-state index is 0.0156. The van der Waals surface area contributed by atoms with Gasteiger partial charge in [0, 0.05) is 43.9 Å². The van der Waals surface area contributed by atoms with E-state index in [9.17, 15) is 9.18 Å². The number of hydrogen-bond donors (Lipinski definition) is 0. The maximum atomic E-state index is 13.9. The monoisotopic (exact) mass is 472 g/mol. The molecule has 0 saturated carbocycles. The summed E-state index contributed by atoms with van der Waals surface area (Å²) in [6.07, 6.45) is 0. The molecule has 1 fully saturated rings. The van der Waals surface area contributed by atoms with Crippen molar-refractivity contribution in [2.24, 2.45) is 0 Å². The maximum Gasteiger partial charge on any atom is 0.253 e. The Kier molecular flexibility index (Phi) is 7.30. The molecular weight excluding hydrogens is 450 g/mol. The van der Waals surface area contributed by atoms with Crippen LogP contribution in [0.15, 0.2) is 66.7 Å². The number of hydrogen-bond acceptors (Lipinski definition) is 3. The molecule has 3 aromatic rings. The summed E-state index contributed by atoms with van der Waals surface area (Å²) in [5.74, 6) is 0.296. The Labute approximate surface area is 197 Å². The SMILES string of the molecule is O=C(c1cccc(COc2cccc(Cl)c2Cl)c1)N1CCN(Cc2ccccc2F)CC1. The number of rotatable bonds is 6. The van der Waals surface area contributed by atoms with Gasteiger partial charge in [-0.25, -0.2) is 4.39 Å². The van der Waals surface area contributed by atoms with Crippen LogP contribution in [0.5, 0.6) is 5.75 Å². The van der Waals surface area contributed by atoms with Crippen molar-refractivity contribution >= 4 is 29.1 Å². The number of amides is 1. The van der Waals surface area contributed by atoms with Crippen LogP contribution in [0, 0.1) is 5.82 Å². The van der Waals surface area contributed by atoms with E-state index in [1.54, 1.807) is 30.3 Å². The summed E-state index contributed by atoms with van der Waals surface area (Å²) in [7, 11) is 0. The van der Waals surface area contributed by atoms with Crippen molar-refractivity contribution in [3.8, 4) is 5.75 Å². The molecule has 1 amide bonds. The Morgan fingerprint density at radius 3 is 2.47 bits per heavy atom. The third-order valence-electron chi connectivity index (χ3n) is 5.50. The minimum Gasteiger partial charge on any atom is -0.487 e. The smallest absolute Gasteiger partial charge is 0.253 e. The standard InChI is InChI=1S/C25H23Cl2FN2O2/c26-21-8-4-10-23(24(21)27)32-17-18-5-3-7-19(15-18)25(31)30-13-11-29(12-14-30)16-20-6-1-2-9-22(20)28/h1-10,15H,11-14,16-17H2. The van der Waals surface area contributed by atoms with Gasteiger partial charge in [0.2, 0.25) is 0 Å². The van der Waals surface area contributed by atoms with Gasteiger partial charge in [-0.3, -0.25) is 9.69 Å². The van der Waals surface area contributed by atoms with Crippen LogP contribution >= 0.6 is 23.2 Å². The van der Waals surface area contributed by atoms with Gasteiger partial charge in [-0.15, -0.1) is 0 Å². The molecule has 0 aliphatic carbocycles. The van der Waals surface area contributed by atoms with Gasteiger partial charge >= 0.3 is 0 Å². The topological polar surface area (TPSA) is 32.8 Å². The molecule has 0 radical (unpaired) electrons. The first-order valence-corrected chi connectivity index (χ1v) is 11.2. The predicted molar refractivity (Wildman–Crippen MR) is 125 cm³/mol. The molecule has 0 spiro atoms. The zero-order chi connectivity index (χ0) is 22.5. The van der Waals surface area contributed by atoms with E-state index in [0.29, 0.717) is 59.6 Å². The largest absolute Gasteiger partial charge is 0.487 e. The van der Waals surface area contributed by atoms with E-state index >= 15 is 0 Å². The average molecular weight is 473 g/mol. The second-order valence-electron chi connectivity index (χ2n) is 7.70. The quantitative estimate of drug-likeness (QED) is 0.463. The summed E-state index contributed by atoms with van der Waals surface area (Å²) in [5.41, 5.74) is 2.16. The Hall–Kier alpha value is -2.60. The van der Waals surface area contributed by atoms with E-state index in [1.807, 2.05) is 35.2 Å². The molecule has 4 rings (SSSR count). The van der Waals surface area contributed by atoms with Crippen LogP contribution in [0.25, 0.3) is 0 Å². The molecule has 0 aromatic heterocycles. The van der Waals surface area contributed by atoms with Crippen molar-refractivity contribution in [1.82, 2.24) is 9.80 Å². The van der Waals surface area contributed by atoms with Crippen molar-refractivity contribution in [3.05, 3.63) is 99.3 Å². The molecule has 0 unspecified atom stereocenters. The van der Waals surface area contributed by atoms with Crippen LogP contribution in [-0.2, 0) is 13.2 Å². The first-order valence-electron chi connectivity index (χ1n) is 10.4. The molecule has 7 heteroatoms. The van der Waals surface area contributed by atoms with E-state index < -0.39 is 0 Å². The summed E-state index contributed by atoms with van der Waals surface area (Å²) >= 11 is 12.2. The fourth-order valence-corrected chi connectivity index (χ4v) is 4.06. The number of carbonyl (C=O) groups excluding carboxylic acids is 1. The highest BCUT2D eigenvalue weighted by atomic mass is 35.5. The van der Waals surface area contributed by atoms with Crippen LogP contribution in [0.3, 0.4) is 0 Å². The molecule has 32 heavy (non-hydrogen) atoms. The molecule has 1 aliphatic heterocycles. The third kappa shape index (κ3) is 5.41. The third-order valence-corrected chi connectivity index (χ3v) is 6.30. The van der Waals surface area contributed by atoms with Gasteiger partial charge in [0.25, 0.3) is 5.91 Å². The lowest BCUT2D eigenvalue weighted by molar-refractivity contribution is 0.0627. The summed E-state index contributed by atoms with van der Waals surface area (Å²) in [6.45, 7) is 3.44. The molecule has 0 atom stereocenters. The van der Waals surface area contributed by atoms with Crippen molar-refractivity contribution in [3.63, 3.8) is 0 Å². The zero-order valence-electron chi connectivity index (χ0n) is 17.4. The van der Waals surface area contributed by atoms with Crippen molar-refractivity contribution < 1.29 is 13.9 Å². The van der Waals surface area contributed by atoms with E-state index in [1.165, 1.54) is 6.07 Å². The molecular formula is C25H23Cl2FN2O2. The molecule has 166 valence electrons. The van der Waals surface area contributed by atoms with E-state index in [2.05, 4.69) is 4.90 Å². The lowest BCUT2D eigenvalue weighted by atomic mass is 10.1. The van der Waals surface area contributed by atoms with E-state index in [0.717, 1.165) is 5.56 Å². The van der Waals surface area contributed by atoms with Crippen molar-refractivity contribution in [2.75, 3.05) is 26.2 Å². The molecule has 0 N–H and O–H groups in total. The molecule has 1 aliphatic rings. The molecule has 0 bridgehead atoms. The van der Waals surface area contributed by atoms with Crippen molar-refractivity contribution in [2.45, 2.75) is 13.2 Å². The van der Waals surface area contributed by atoms with Crippen LogP contribution in [0.2, 0.25) is 10.0 Å². The summed E-state index contributed by atoms with van der Waals surface area (Å²) < 4.78 is 19.7. The van der Waals surface area contributed by atoms with Crippen LogP contribution in [-0.4, -0.2) is 41.9 Å². The molecule has 3 aromatic carbocycles. The minimum atomic E-state index is -0.191. The number of halogens is 3. The first-order chi connectivity index (χ1) is 15.5. The second kappa shape index (κ2) is 10.3. The van der Waals surface area contributed by atoms with Crippen LogP contribution in [0.4, 0.5) is 4.39 Å². The summed E-state index contributed by atoms with van der Waals surface area (Å²) in [6, 6.07) is 19.4. The van der Waals surface area contributed by atoms with Gasteiger partial charge in [-0.1, -0.05) is 59.6 Å². The highest BCUT2D eigenvalue weighted by Gasteiger charge is 2.23. The number of carbonyl (C=O) groups is 1. The maximum absolute atomic E-state index is 13.9. The van der Waals surface area contributed by atoms with E-state index in [-0.39, 0.29) is 18.3 Å². The second-order valence-corrected chi connectivity index (χ2v) is 8.49. The fourth-order valence-electron chi connectivity index (χ4n) is 3.71. The van der Waals surface area contributed by atoms with Crippen LogP contribution in [0.1, 0.15) is 21.5 Å². The number of piperazine rings is 1. The molecule has 1 heterocycles. The molecule has 4 nitrogen and oxygen atoms in total. The summed E-state index contributed by atoms with van der Waals surface area (Å²) in [5, 5.41) is 0.803. The fraction of sp³-hybridized carbons (Fsp3) is 0.240. The van der Waals surface area contributed by atoms with Crippen molar-refractivity contribution in [1.29, 1.82) is 0 Å². The van der Waals surface area contributed by atoms with E-state index in [4.69, 9.17) is 27.9 Å². The van der Waals surface area contributed by atoms with Gasteiger partial charge in [0.1, 0.15) is 23.2 Å². The van der Waals surface area contributed by atoms with Gasteiger partial charge in [-0.05, 0) is 35.9 Å². The predicted octanol–water partition coefficient (Wildman–Crippen LogP) is 5.67. The first kappa shape index (κ1) is 22.6. The Balaban J connectivity index is 1.34. The average Bonchev–Trinajstić information content (AvgIpc) is 2.82. The van der Waals surface area contributed by atoms with Gasteiger partial charge in [-0.2, -0.15) is 0 Å². The van der Waals surface area contributed by atoms with Gasteiger partial charge < -0.3 is 9.64 Å². The van der Waals surface area contributed by atoms with Gasteiger partial charge in [0.05, 0.1) is 5.02 Å². The number of benzene rings is 3. The van der Waals surface area contributed by atoms with Crippen LogP contribution < -0.4 is 4.74 Å². The lowest BCUT2D eigenvalue weighted by Gasteiger charge is -2.35. The number of nitrogens with zero attached hydrogens (tertiary/aromatic N) is 2. The highest BCUT2D eigenvalue weighted by molar-refractivity contribution is 6.42. The molecule has 1 saturated heterocycles. The normalized spacial score (nSPS) is 14.4. The Morgan fingerprint density at radius 1 is 0.938 bits per heavy atom. The Bertz CT molecular complexity index is 1100. The van der Waals surface area contributed by atoms with Gasteiger partial charge in [0.15, 0.2) is 0 Å². The highest BCUT2D eigenvalue weighted by Crippen LogP contribution is 2.32. The Morgan fingerprint density at radius 2 is 1.69 bits per heavy atom. The number of ether oxygens (including phenoxy) is 1. The summed E-state index contributed by atoms with van der Waals surface area (Å²) in [4.78, 5) is 17.0. The lowest BCUT2D eigenvalue weighted by Crippen LogP contribution is -2.48. The zero-order valence-corrected chi connectivity index (χ0v) is 19.0.